The summed E-state index contributed by atoms with van der Waals surface area (Å²) in [6.07, 6.45) is 2.08. The van der Waals surface area contributed by atoms with Gasteiger partial charge in [0, 0.05) is 37.4 Å². The van der Waals surface area contributed by atoms with Gasteiger partial charge in [0.1, 0.15) is 0 Å². The number of nitrogens with zero attached hydrogens (tertiary/aromatic N) is 2. The Kier molecular flexibility index (Phi) is 6.13. The molecular weight excluding hydrogens is 362 g/mol. The summed E-state index contributed by atoms with van der Waals surface area (Å²) in [6.45, 7) is 4.05. The van der Waals surface area contributed by atoms with E-state index in [1.807, 2.05) is 35.2 Å². The maximum atomic E-state index is 12.7. The Morgan fingerprint density at radius 2 is 1.67 bits per heavy atom. The topological polar surface area (TPSA) is 69.7 Å². The second-order valence-corrected chi connectivity index (χ2v) is 8.27. The number of nitrogens with one attached hydrogen (secondary N) is 1. The summed E-state index contributed by atoms with van der Waals surface area (Å²) in [5.41, 5.74) is 1.95. The van der Waals surface area contributed by atoms with E-state index in [0.29, 0.717) is 24.3 Å². The van der Waals surface area contributed by atoms with Crippen molar-refractivity contribution >= 4 is 21.8 Å². The number of carbonyl (C=O) groups excluding carboxylic acids is 1. The van der Waals surface area contributed by atoms with E-state index in [0.717, 1.165) is 31.5 Å². The van der Waals surface area contributed by atoms with Gasteiger partial charge in [-0.05, 0) is 42.7 Å². The highest BCUT2D eigenvalue weighted by Crippen LogP contribution is 2.18. The van der Waals surface area contributed by atoms with E-state index in [9.17, 15) is 13.2 Å². The first kappa shape index (κ1) is 19.4. The number of rotatable bonds is 7. The number of likely N-dealkylation sites (tertiary alicyclic amines) is 1. The molecule has 7 heteroatoms. The number of benzene rings is 2. The predicted molar refractivity (Wildman–Crippen MR) is 107 cm³/mol. The first-order valence-corrected chi connectivity index (χ1v) is 10.6. The normalized spacial score (nSPS) is 14.5. The van der Waals surface area contributed by atoms with Crippen molar-refractivity contribution in [2.75, 3.05) is 24.4 Å². The molecule has 3 rings (SSSR count). The number of amides is 1. The summed E-state index contributed by atoms with van der Waals surface area (Å²) < 4.78 is 29.4. The van der Waals surface area contributed by atoms with Crippen molar-refractivity contribution in [3.05, 3.63) is 65.7 Å². The van der Waals surface area contributed by atoms with Crippen LogP contribution in [0.3, 0.4) is 0 Å². The zero-order chi connectivity index (χ0) is 19.3. The molecule has 1 heterocycles. The Morgan fingerprint density at radius 1 is 1.04 bits per heavy atom. The molecule has 0 aromatic heterocycles. The Balaban J connectivity index is 1.68. The van der Waals surface area contributed by atoms with Crippen LogP contribution in [0.15, 0.2) is 54.6 Å². The van der Waals surface area contributed by atoms with Crippen LogP contribution < -0.4 is 4.72 Å². The molecule has 27 heavy (non-hydrogen) atoms. The summed E-state index contributed by atoms with van der Waals surface area (Å²) in [4.78, 5) is 14.2. The number of carbonyl (C=O) groups is 1. The van der Waals surface area contributed by atoms with Gasteiger partial charge in [-0.25, -0.2) is 0 Å². The Morgan fingerprint density at radius 3 is 2.26 bits per heavy atom. The van der Waals surface area contributed by atoms with Gasteiger partial charge in [0.25, 0.3) is 5.91 Å². The second kappa shape index (κ2) is 8.54. The molecule has 144 valence electrons. The molecule has 1 amide bonds. The third kappa shape index (κ3) is 4.87. The smallest absolute Gasteiger partial charge is 0.301 e. The summed E-state index contributed by atoms with van der Waals surface area (Å²) in [5.74, 6) is 0.00108. The fourth-order valence-electron chi connectivity index (χ4n) is 3.15. The Hall–Kier alpha value is -2.38. The van der Waals surface area contributed by atoms with Crippen LogP contribution in [0.4, 0.5) is 5.69 Å². The van der Waals surface area contributed by atoms with E-state index < -0.39 is 10.2 Å². The molecule has 1 aliphatic heterocycles. The van der Waals surface area contributed by atoms with Gasteiger partial charge >= 0.3 is 10.2 Å². The highest BCUT2D eigenvalue weighted by Gasteiger charge is 2.22. The van der Waals surface area contributed by atoms with E-state index in [1.54, 1.807) is 31.2 Å². The molecule has 1 saturated heterocycles. The molecule has 2 aromatic carbocycles. The second-order valence-electron chi connectivity index (χ2n) is 6.60. The maximum absolute atomic E-state index is 12.7. The first-order valence-electron chi connectivity index (χ1n) is 9.21. The van der Waals surface area contributed by atoms with Crippen molar-refractivity contribution in [3.8, 4) is 0 Å². The zero-order valence-electron chi connectivity index (χ0n) is 15.5. The summed E-state index contributed by atoms with van der Waals surface area (Å²) >= 11 is 0. The monoisotopic (exact) mass is 387 g/mol. The van der Waals surface area contributed by atoms with Crippen molar-refractivity contribution in [3.63, 3.8) is 0 Å². The summed E-state index contributed by atoms with van der Waals surface area (Å²) in [5, 5.41) is 0. The minimum Gasteiger partial charge on any atom is -0.339 e. The predicted octanol–water partition coefficient (Wildman–Crippen LogP) is 3.10. The SMILES string of the molecule is CCN(Cc1ccccc1)S(=O)(=O)Nc1ccc(C(=O)N2CCCC2)cc1. The molecule has 0 saturated carbocycles. The van der Waals surface area contributed by atoms with Gasteiger partial charge in [0.15, 0.2) is 0 Å². The Labute approximate surface area is 161 Å². The quantitative estimate of drug-likeness (QED) is 0.794. The Bertz CT molecular complexity index is 861. The number of hydrogen-bond donors (Lipinski definition) is 1. The van der Waals surface area contributed by atoms with Gasteiger partial charge in [-0.2, -0.15) is 12.7 Å². The van der Waals surface area contributed by atoms with Crippen LogP contribution in [-0.2, 0) is 16.8 Å². The lowest BCUT2D eigenvalue weighted by Gasteiger charge is -2.21. The van der Waals surface area contributed by atoms with Crippen molar-refractivity contribution in [1.29, 1.82) is 0 Å². The van der Waals surface area contributed by atoms with Crippen LogP contribution in [0, 0.1) is 0 Å². The van der Waals surface area contributed by atoms with Crippen molar-refractivity contribution in [2.45, 2.75) is 26.3 Å². The van der Waals surface area contributed by atoms with Crippen LogP contribution >= 0.6 is 0 Å². The average Bonchev–Trinajstić information content (AvgIpc) is 3.21. The van der Waals surface area contributed by atoms with Gasteiger partial charge in [-0.1, -0.05) is 37.3 Å². The first-order chi connectivity index (χ1) is 13.0. The molecule has 0 bridgehead atoms. The lowest BCUT2D eigenvalue weighted by Crippen LogP contribution is -2.35. The molecular formula is C20H25N3O3S. The molecule has 0 atom stereocenters. The summed E-state index contributed by atoms with van der Waals surface area (Å²) in [7, 11) is -3.68. The van der Waals surface area contributed by atoms with Crippen LogP contribution in [0.25, 0.3) is 0 Å². The van der Waals surface area contributed by atoms with E-state index >= 15 is 0 Å². The van der Waals surface area contributed by atoms with Crippen molar-refractivity contribution in [2.24, 2.45) is 0 Å². The largest absolute Gasteiger partial charge is 0.339 e. The van der Waals surface area contributed by atoms with E-state index in [1.165, 1.54) is 4.31 Å². The lowest BCUT2D eigenvalue weighted by molar-refractivity contribution is 0.0793. The highest BCUT2D eigenvalue weighted by atomic mass is 32.2. The number of anilines is 1. The molecule has 0 radical (unpaired) electrons. The minimum atomic E-state index is -3.68. The third-order valence-electron chi connectivity index (χ3n) is 4.67. The van der Waals surface area contributed by atoms with Gasteiger partial charge in [-0.3, -0.25) is 9.52 Å². The molecule has 2 aromatic rings. The molecule has 1 fully saturated rings. The van der Waals surface area contributed by atoms with Crippen LogP contribution in [0.5, 0.6) is 0 Å². The minimum absolute atomic E-state index is 0.00108. The van der Waals surface area contributed by atoms with Crippen molar-refractivity contribution in [1.82, 2.24) is 9.21 Å². The van der Waals surface area contributed by atoms with Gasteiger partial charge < -0.3 is 4.90 Å². The van der Waals surface area contributed by atoms with Gasteiger partial charge in [0.2, 0.25) is 0 Å². The fraction of sp³-hybridized carbons (Fsp3) is 0.350. The average molecular weight is 388 g/mol. The number of hydrogen-bond acceptors (Lipinski definition) is 3. The van der Waals surface area contributed by atoms with Crippen molar-refractivity contribution < 1.29 is 13.2 Å². The van der Waals surface area contributed by atoms with E-state index in [-0.39, 0.29) is 5.91 Å². The highest BCUT2D eigenvalue weighted by molar-refractivity contribution is 7.90. The maximum Gasteiger partial charge on any atom is 0.301 e. The zero-order valence-corrected chi connectivity index (χ0v) is 16.3. The van der Waals surface area contributed by atoms with Crippen LogP contribution in [0.2, 0.25) is 0 Å². The standard InChI is InChI=1S/C20H25N3O3S/c1-2-23(16-17-8-4-3-5-9-17)27(25,26)21-19-12-10-18(11-13-19)20(24)22-14-6-7-15-22/h3-5,8-13,21H,2,6-7,14-16H2,1H3. The van der Waals surface area contributed by atoms with E-state index in [4.69, 9.17) is 0 Å². The molecule has 0 spiro atoms. The molecule has 1 N–H and O–H groups in total. The van der Waals surface area contributed by atoms with Crippen LogP contribution in [-0.4, -0.2) is 43.2 Å². The fourth-order valence-corrected chi connectivity index (χ4v) is 4.37. The van der Waals surface area contributed by atoms with Gasteiger partial charge in [0.05, 0.1) is 0 Å². The molecule has 6 nitrogen and oxygen atoms in total. The van der Waals surface area contributed by atoms with Crippen LogP contribution in [0.1, 0.15) is 35.7 Å². The molecule has 0 aliphatic carbocycles. The summed E-state index contributed by atoms with van der Waals surface area (Å²) in [6, 6.07) is 16.1. The molecule has 0 unspecified atom stereocenters. The molecule has 1 aliphatic rings. The lowest BCUT2D eigenvalue weighted by atomic mass is 10.2. The van der Waals surface area contributed by atoms with Gasteiger partial charge in [-0.15, -0.1) is 0 Å². The third-order valence-corrected chi connectivity index (χ3v) is 6.23. The van der Waals surface area contributed by atoms with E-state index in [2.05, 4.69) is 4.72 Å².